The minimum atomic E-state index is 0.0828. The Balaban J connectivity index is 2.30. The summed E-state index contributed by atoms with van der Waals surface area (Å²) in [6, 6.07) is 11.1. The highest BCUT2D eigenvalue weighted by Crippen LogP contribution is 2.34. The van der Waals surface area contributed by atoms with E-state index in [0.29, 0.717) is 15.8 Å². The van der Waals surface area contributed by atoms with Gasteiger partial charge in [0.25, 0.3) is 0 Å². The van der Waals surface area contributed by atoms with E-state index in [0.717, 1.165) is 28.6 Å². The molecule has 1 atom stereocenters. The Bertz CT molecular complexity index is 634. The number of halogens is 3. The maximum Gasteiger partial charge on any atom is 0.141 e. The standard InChI is InChI=1S/C16H16BrCl2NO/c1-2-13(20)8-10-7-11(18)3-5-15(10)21-16-6-4-12(19)9-14(16)17/h3-7,9,13H,2,8,20H2,1H3. The Hall–Kier alpha value is -0.740. The molecule has 0 radical (unpaired) electrons. The van der Waals surface area contributed by atoms with E-state index in [1.807, 2.05) is 24.3 Å². The molecule has 0 heterocycles. The Morgan fingerprint density at radius 3 is 2.33 bits per heavy atom. The molecule has 21 heavy (non-hydrogen) atoms. The second kappa shape index (κ2) is 7.50. The van der Waals surface area contributed by atoms with Gasteiger partial charge in [0.2, 0.25) is 0 Å². The molecular formula is C16H16BrCl2NO. The van der Waals surface area contributed by atoms with Gasteiger partial charge < -0.3 is 10.5 Å². The van der Waals surface area contributed by atoms with Crippen molar-refractivity contribution in [3.8, 4) is 11.5 Å². The predicted molar refractivity (Wildman–Crippen MR) is 92.6 cm³/mol. The van der Waals surface area contributed by atoms with Crippen molar-refractivity contribution in [1.29, 1.82) is 0 Å². The SMILES string of the molecule is CCC(N)Cc1cc(Cl)ccc1Oc1ccc(Cl)cc1Br. The number of ether oxygens (including phenoxy) is 1. The van der Waals surface area contributed by atoms with Crippen LogP contribution < -0.4 is 10.5 Å². The van der Waals surface area contributed by atoms with Crippen LogP contribution in [0.2, 0.25) is 10.0 Å². The quantitative estimate of drug-likeness (QED) is 0.699. The molecule has 0 fully saturated rings. The molecule has 1 unspecified atom stereocenters. The predicted octanol–water partition coefficient (Wildman–Crippen LogP) is 5.83. The van der Waals surface area contributed by atoms with Crippen LogP contribution >= 0.6 is 39.1 Å². The second-order valence-electron chi connectivity index (χ2n) is 4.80. The molecule has 5 heteroatoms. The molecule has 0 aliphatic carbocycles. The van der Waals surface area contributed by atoms with Gasteiger partial charge in [0.15, 0.2) is 0 Å². The van der Waals surface area contributed by atoms with Crippen molar-refractivity contribution in [2.75, 3.05) is 0 Å². The highest BCUT2D eigenvalue weighted by molar-refractivity contribution is 9.10. The van der Waals surface area contributed by atoms with Gasteiger partial charge in [-0.25, -0.2) is 0 Å². The monoisotopic (exact) mass is 387 g/mol. The minimum absolute atomic E-state index is 0.0828. The number of benzene rings is 2. The zero-order valence-corrected chi connectivity index (χ0v) is 14.7. The lowest BCUT2D eigenvalue weighted by Gasteiger charge is -2.15. The van der Waals surface area contributed by atoms with Gasteiger partial charge in [-0.2, -0.15) is 0 Å². The summed E-state index contributed by atoms with van der Waals surface area (Å²) < 4.78 is 6.78. The topological polar surface area (TPSA) is 35.2 Å². The molecule has 0 aliphatic heterocycles. The lowest BCUT2D eigenvalue weighted by atomic mass is 10.0. The fraction of sp³-hybridized carbons (Fsp3) is 0.250. The van der Waals surface area contributed by atoms with Crippen LogP contribution in [0, 0.1) is 0 Å². The molecule has 2 N–H and O–H groups in total. The van der Waals surface area contributed by atoms with Gasteiger partial charge in [-0.05, 0) is 70.7 Å². The van der Waals surface area contributed by atoms with Gasteiger partial charge in [-0.1, -0.05) is 30.1 Å². The summed E-state index contributed by atoms with van der Waals surface area (Å²) in [7, 11) is 0. The third-order valence-corrected chi connectivity index (χ3v) is 4.23. The maximum absolute atomic E-state index is 6.08. The van der Waals surface area contributed by atoms with Gasteiger partial charge in [0.1, 0.15) is 11.5 Å². The summed E-state index contributed by atoms with van der Waals surface area (Å²) in [4.78, 5) is 0. The molecule has 0 aromatic heterocycles. The first-order valence-corrected chi connectivity index (χ1v) is 8.21. The first kappa shape index (κ1) is 16.6. The smallest absolute Gasteiger partial charge is 0.141 e. The van der Waals surface area contributed by atoms with Crippen molar-refractivity contribution in [1.82, 2.24) is 0 Å². The third-order valence-electron chi connectivity index (χ3n) is 3.14. The van der Waals surface area contributed by atoms with Crippen LogP contribution in [0.5, 0.6) is 11.5 Å². The van der Waals surface area contributed by atoms with Crippen molar-refractivity contribution in [3.05, 3.63) is 56.5 Å². The molecular weight excluding hydrogens is 373 g/mol. The number of rotatable bonds is 5. The molecule has 2 nitrogen and oxygen atoms in total. The van der Waals surface area contributed by atoms with Gasteiger partial charge >= 0.3 is 0 Å². The average molecular weight is 389 g/mol. The van der Waals surface area contributed by atoms with Crippen molar-refractivity contribution in [3.63, 3.8) is 0 Å². The first-order chi connectivity index (χ1) is 9.99. The molecule has 0 saturated carbocycles. The van der Waals surface area contributed by atoms with E-state index >= 15 is 0 Å². The van der Waals surface area contributed by atoms with E-state index in [4.69, 9.17) is 33.7 Å². The normalized spacial score (nSPS) is 12.2. The third kappa shape index (κ3) is 4.62. The minimum Gasteiger partial charge on any atom is -0.456 e. The summed E-state index contributed by atoms with van der Waals surface area (Å²) in [5.74, 6) is 1.46. The molecule has 0 bridgehead atoms. The summed E-state index contributed by atoms with van der Waals surface area (Å²) in [5.41, 5.74) is 7.04. The van der Waals surface area contributed by atoms with E-state index in [2.05, 4.69) is 22.9 Å². The van der Waals surface area contributed by atoms with Crippen LogP contribution in [0.3, 0.4) is 0 Å². The molecule has 2 rings (SSSR count). The van der Waals surface area contributed by atoms with Crippen LogP contribution in [0.4, 0.5) is 0 Å². The van der Waals surface area contributed by atoms with Crippen LogP contribution in [0.25, 0.3) is 0 Å². The number of hydrogen-bond donors (Lipinski definition) is 1. The second-order valence-corrected chi connectivity index (χ2v) is 6.53. The highest BCUT2D eigenvalue weighted by Gasteiger charge is 2.11. The fourth-order valence-corrected chi connectivity index (χ4v) is 2.87. The van der Waals surface area contributed by atoms with E-state index in [1.165, 1.54) is 0 Å². The summed E-state index contributed by atoms with van der Waals surface area (Å²) in [6.07, 6.45) is 1.62. The van der Waals surface area contributed by atoms with Gasteiger partial charge in [0.05, 0.1) is 4.47 Å². The molecule has 0 amide bonds. The van der Waals surface area contributed by atoms with E-state index in [1.54, 1.807) is 12.1 Å². The van der Waals surface area contributed by atoms with E-state index in [9.17, 15) is 0 Å². The summed E-state index contributed by atoms with van der Waals surface area (Å²) in [5, 5.41) is 1.33. The van der Waals surface area contributed by atoms with E-state index in [-0.39, 0.29) is 6.04 Å². The fourth-order valence-electron chi connectivity index (χ4n) is 1.91. The zero-order chi connectivity index (χ0) is 15.4. The van der Waals surface area contributed by atoms with Crippen LogP contribution in [-0.2, 0) is 6.42 Å². The van der Waals surface area contributed by atoms with Crippen molar-refractivity contribution in [2.24, 2.45) is 5.73 Å². The van der Waals surface area contributed by atoms with E-state index < -0.39 is 0 Å². The molecule has 0 saturated heterocycles. The maximum atomic E-state index is 6.08. The molecule has 112 valence electrons. The number of nitrogens with two attached hydrogens (primary N) is 1. The van der Waals surface area contributed by atoms with Crippen LogP contribution in [0.1, 0.15) is 18.9 Å². The van der Waals surface area contributed by atoms with Gasteiger partial charge in [-0.3, -0.25) is 0 Å². The van der Waals surface area contributed by atoms with Crippen molar-refractivity contribution >= 4 is 39.1 Å². The van der Waals surface area contributed by atoms with Gasteiger partial charge in [0, 0.05) is 16.1 Å². The zero-order valence-electron chi connectivity index (χ0n) is 11.6. The Morgan fingerprint density at radius 1 is 1.10 bits per heavy atom. The highest BCUT2D eigenvalue weighted by atomic mass is 79.9. The molecule has 2 aromatic carbocycles. The lowest BCUT2D eigenvalue weighted by molar-refractivity contribution is 0.469. The Labute approximate surface area is 143 Å². The Morgan fingerprint density at radius 2 is 1.71 bits per heavy atom. The molecule has 0 aliphatic rings. The summed E-state index contributed by atoms with van der Waals surface area (Å²) in [6.45, 7) is 2.06. The van der Waals surface area contributed by atoms with Crippen molar-refractivity contribution < 1.29 is 4.74 Å². The lowest BCUT2D eigenvalue weighted by Crippen LogP contribution is -2.21. The van der Waals surface area contributed by atoms with Crippen LogP contribution in [-0.4, -0.2) is 6.04 Å². The van der Waals surface area contributed by atoms with Crippen molar-refractivity contribution in [2.45, 2.75) is 25.8 Å². The Kier molecular flexibility index (Phi) is 5.94. The largest absolute Gasteiger partial charge is 0.456 e. The van der Waals surface area contributed by atoms with Gasteiger partial charge in [-0.15, -0.1) is 0 Å². The van der Waals surface area contributed by atoms with Crippen LogP contribution in [0.15, 0.2) is 40.9 Å². The summed E-state index contributed by atoms with van der Waals surface area (Å²) >= 11 is 15.5. The first-order valence-electron chi connectivity index (χ1n) is 6.66. The number of hydrogen-bond acceptors (Lipinski definition) is 2. The molecule has 2 aromatic rings. The molecule has 0 spiro atoms. The average Bonchev–Trinajstić information content (AvgIpc) is 2.44.